The van der Waals surface area contributed by atoms with E-state index in [0.29, 0.717) is 13.0 Å². The number of rotatable bonds is 6. The van der Waals surface area contributed by atoms with E-state index in [2.05, 4.69) is 4.72 Å². The number of nitrogens with one attached hydrogen (secondary N) is 1. The number of halogens is 1. The second-order valence-electron chi connectivity index (χ2n) is 3.89. The van der Waals surface area contributed by atoms with Crippen LogP contribution in [0.2, 0.25) is 0 Å². The Morgan fingerprint density at radius 1 is 1.44 bits per heavy atom. The van der Waals surface area contributed by atoms with Gasteiger partial charge in [0.2, 0.25) is 10.0 Å². The molecule has 0 aromatic heterocycles. The third-order valence-corrected chi connectivity index (χ3v) is 3.81. The van der Waals surface area contributed by atoms with Crippen LogP contribution in [0.15, 0.2) is 17.0 Å². The predicted molar refractivity (Wildman–Crippen MR) is 67.2 cm³/mol. The lowest BCUT2D eigenvalue weighted by molar-refractivity contribution is 0.196. The van der Waals surface area contributed by atoms with E-state index in [4.69, 9.17) is 10.5 Å². The van der Waals surface area contributed by atoms with E-state index in [0.717, 1.165) is 6.07 Å². The van der Waals surface area contributed by atoms with Gasteiger partial charge in [-0.2, -0.15) is 0 Å². The zero-order chi connectivity index (χ0) is 13.8. The Hall–Kier alpha value is -1.18. The van der Waals surface area contributed by atoms with Crippen molar-refractivity contribution in [1.82, 2.24) is 4.72 Å². The van der Waals surface area contributed by atoms with Gasteiger partial charge in [0.15, 0.2) is 0 Å². The van der Waals surface area contributed by atoms with Crippen molar-refractivity contribution >= 4 is 15.7 Å². The minimum atomic E-state index is -3.88. The molecule has 0 spiro atoms. The van der Waals surface area contributed by atoms with Gasteiger partial charge in [0.05, 0.1) is 0 Å². The molecule has 5 nitrogen and oxygen atoms in total. The van der Waals surface area contributed by atoms with Crippen molar-refractivity contribution in [1.29, 1.82) is 0 Å². The molecule has 7 heteroatoms. The Bertz CT molecular complexity index is 517. The lowest BCUT2D eigenvalue weighted by Gasteiger charge is -2.10. The van der Waals surface area contributed by atoms with Crippen LogP contribution >= 0.6 is 0 Å². The number of anilines is 1. The summed E-state index contributed by atoms with van der Waals surface area (Å²) < 4.78 is 44.6. The first kappa shape index (κ1) is 14.9. The van der Waals surface area contributed by atoms with Crippen LogP contribution in [-0.2, 0) is 14.8 Å². The van der Waals surface area contributed by atoms with Crippen LogP contribution in [0.5, 0.6) is 0 Å². The number of ether oxygens (including phenoxy) is 1. The van der Waals surface area contributed by atoms with Gasteiger partial charge >= 0.3 is 0 Å². The minimum Gasteiger partial charge on any atom is -0.399 e. The Kier molecular flexibility index (Phi) is 5.06. The Balaban J connectivity index is 2.91. The molecule has 0 bridgehead atoms. The Morgan fingerprint density at radius 2 is 2.11 bits per heavy atom. The molecular formula is C11H17FN2O3S. The van der Waals surface area contributed by atoms with Crippen LogP contribution < -0.4 is 10.5 Å². The Labute approximate surface area is 106 Å². The van der Waals surface area contributed by atoms with Gasteiger partial charge in [-0.3, -0.25) is 0 Å². The second-order valence-corrected chi connectivity index (χ2v) is 5.63. The van der Waals surface area contributed by atoms with Crippen molar-refractivity contribution in [2.45, 2.75) is 18.2 Å². The van der Waals surface area contributed by atoms with Crippen LogP contribution in [0.25, 0.3) is 0 Å². The van der Waals surface area contributed by atoms with E-state index >= 15 is 0 Å². The number of hydrogen-bond donors (Lipinski definition) is 2. The van der Waals surface area contributed by atoms with E-state index in [1.165, 1.54) is 20.1 Å². The third kappa shape index (κ3) is 3.66. The molecule has 0 unspecified atom stereocenters. The molecule has 0 aliphatic rings. The van der Waals surface area contributed by atoms with E-state index in [1.807, 2.05) is 0 Å². The first-order valence-electron chi connectivity index (χ1n) is 5.42. The highest BCUT2D eigenvalue weighted by Crippen LogP contribution is 2.21. The second kappa shape index (κ2) is 6.12. The van der Waals surface area contributed by atoms with Crippen LogP contribution in [0.1, 0.15) is 12.0 Å². The molecule has 0 heterocycles. The van der Waals surface area contributed by atoms with Crippen LogP contribution in [0, 0.1) is 12.7 Å². The number of nitrogens with two attached hydrogens (primary N) is 1. The summed E-state index contributed by atoms with van der Waals surface area (Å²) in [5, 5.41) is 0. The average molecular weight is 276 g/mol. The molecule has 3 N–H and O–H groups in total. The maximum absolute atomic E-state index is 13.8. The van der Waals surface area contributed by atoms with Crippen molar-refractivity contribution in [3.05, 3.63) is 23.5 Å². The summed E-state index contributed by atoms with van der Waals surface area (Å²) in [6, 6.07) is 2.50. The SMILES string of the molecule is COCCCNS(=O)(=O)c1cc(N)cc(C)c1F. The van der Waals surface area contributed by atoms with Crippen LogP contribution in [0.4, 0.5) is 10.1 Å². The largest absolute Gasteiger partial charge is 0.399 e. The van der Waals surface area contributed by atoms with E-state index in [9.17, 15) is 12.8 Å². The van der Waals surface area contributed by atoms with Gasteiger partial charge in [-0.1, -0.05) is 0 Å². The highest BCUT2D eigenvalue weighted by molar-refractivity contribution is 7.89. The average Bonchev–Trinajstić information content (AvgIpc) is 2.29. The molecule has 1 rings (SSSR count). The number of hydrogen-bond acceptors (Lipinski definition) is 4. The van der Waals surface area contributed by atoms with Crippen molar-refractivity contribution in [2.24, 2.45) is 0 Å². The number of nitrogen functional groups attached to an aromatic ring is 1. The molecule has 0 amide bonds. The smallest absolute Gasteiger partial charge is 0.243 e. The van der Waals surface area contributed by atoms with Gasteiger partial charge < -0.3 is 10.5 Å². The summed E-state index contributed by atoms with van der Waals surface area (Å²) in [5.41, 5.74) is 5.94. The number of aryl methyl sites for hydroxylation is 1. The van der Waals surface area contributed by atoms with Crippen molar-refractivity contribution in [3.8, 4) is 0 Å². The summed E-state index contributed by atoms with van der Waals surface area (Å²) in [6.07, 6.45) is 0.513. The molecule has 0 fully saturated rings. The number of sulfonamides is 1. The summed E-state index contributed by atoms with van der Waals surface area (Å²) in [5.74, 6) is -0.775. The zero-order valence-corrected chi connectivity index (χ0v) is 11.2. The molecule has 0 radical (unpaired) electrons. The predicted octanol–water partition coefficient (Wildman–Crippen LogP) is 1.03. The fourth-order valence-corrected chi connectivity index (χ4v) is 2.72. The molecule has 18 heavy (non-hydrogen) atoms. The molecule has 102 valence electrons. The zero-order valence-electron chi connectivity index (χ0n) is 10.4. The van der Waals surface area contributed by atoms with E-state index < -0.39 is 20.7 Å². The number of methoxy groups -OCH3 is 1. The maximum Gasteiger partial charge on any atom is 0.243 e. The summed E-state index contributed by atoms with van der Waals surface area (Å²) in [6.45, 7) is 2.08. The van der Waals surface area contributed by atoms with Crippen molar-refractivity contribution in [2.75, 3.05) is 26.0 Å². The summed E-state index contributed by atoms with van der Waals surface area (Å²) in [4.78, 5) is -0.419. The normalized spacial score (nSPS) is 11.7. The Morgan fingerprint density at radius 3 is 2.72 bits per heavy atom. The lowest BCUT2D eigenvalue weighted by Crippen LogP contribution is -2.26. The van der Waals surface area contributed by atoms with Gasteiger partial charge in [-0.15, -0.1) is 0 Å². The maximum atomic E-state index is 13.8. The highest BCUT2D eigenvalue weighted by atomic mass is 32.2. The molecule has 0 aliphatic carbocycles. The molecule has 0 aliphatic heterocycles. The summed E-state index contributed by atoms with van der Waals surface area (Å²) in [7, 11) is -2.35. The van der Waals surface area contributed by atoms with Gasteiger partial charge in [0.1, 0.15) is 10.7 Å². The lowest BCUT2D eigenvalue weighted by atomic mass is 10.2. The van der Waals surface area contributed by atoms with E-state index in [1.54, 1.807) is 0 Å². The first-order chi connectivity index (χ1) is 8.38. The van der Waals surface area contributed by atoms with Gasteiger partial charge in [0.25, 0.3) is 0 Å². The molecule has 0 saturated heterocycles. The molecule has 0 atom stereocenters. The first-order valence-corrected chi connectivity index (χ1v) is 6.91. The molecular weight excluding hydrogens is 259 g/mol. The monoisotopic (exact) mass is 276 g/mol. The highest BCUT2D eigenvalue weighted by Gasteiger charge is 2.20. The minimum absolute atomic E-state index is 0.184. The topological polar surface area (TPSA) is 81.4 Å². The van der Waals surface area contributed by atoms with Gasteiger partial charge in [-0.05, 0) is 31.0 Å². The number of benzene rings is 1. The van der Waals surface area contributed by atoms with Crippen molar-refractivity contribution in [3.63, 3.8) is 0 Å². The van der Waals surface area contributed by atoms with E-state index in [-0.39, 0.29) is 17.8 Å². The quantitative estimate of drug-likeness (QED) is 0.600. The summed E-state index contributed by atoms with van der Waals surface area (Å²) >= 11 is 0. The third-order valence-electron chi connectivity index (χ3n) is 2.35. The molecule has 0 saturated carbocycles. The fourth-order valence-electron chi connectivity index (χ4n) is 1.46. The van der Waals surface area contributed by atoms with Crippen LogP contribution in [0.3, 0.4) is 0 Å². The molecule has 1 aromatic carbocycles. The molecule has 1 aromatic rings. The van der Waals surface area contributed by atoms with Crippen LogP contribution in [-0.4, -0.2) is 28.7 Å². The fraction of sp³-hybridized carbons (Fsp3) is 0.455. The van der Waals surface area contributed by atoms with Crippen molar-refractivity contribution < 1.29 is 17.5 Å². The van der Waals surface area contributed by atoms with Gasteiger partial charge in [-0.25, -0.2) is 17.5 Å². The van der Waals surface area contributed by atoms with Gasteiger partial charge in [0, 0.05) is 25.9 Å². The standard InChI is InChI=1S/C11H17FN2O3S/c1-8-6-9(13)7-10(11(8)12)18(15,16)14-4-3-5-17-2/h6-7,14H,3-5,13H2,1-2H3.